The lowest BCUT2D eigenvalue weighted by atomic mass is 10.5. The standard InChI is InChI=1S/C12H21NO2/c1-4-9-14-11-7-13(6-3)8-12-15-10-5-2/h4-6H,1-3,7-12H2. The summed E-state index contributed by atoms with van der Waals surface area (Å²) in [6, 6.07) is 0. The predicted octanol–water partition coefficient (Wildman–Crippen LogP) is 1.84. The molecule has 0 aromatic heterocycles. The molecule has 0 saturated heterocycles. The van der Waals surface area contributed by atoms with Crippen LogP contribution in [-0.4, -0.2) is 44.4 Å². The molecule has 0 bridgehead atoms. The Labute approximate surface area is 92.7 Å². The first-order chi connectivity index (χ1) is 7.35. The summed E-state index contributed by atoms with van der Waals surface area (Å²) in [6.45, 7) is 15.1. The van der Waals surface area contributed by atoms with Gasteiger partial charge in [0, 0.05) is 13.1 Å². The molecule has 15 heavy (non-hydrogen) atoms. The predicted molar refractivity (Wildman–Crippen MR) is 63.8 cm³/mol. The maximum Gasteiger partial charge on any atom is 0.0645 e. The normalized spacial score (nSPS) is 9.60. The third-order valence-electron chi connectivity index (χ3n) is 1.78. The molecule has 0 N–H and O–H groups in total. The summed E-state index contributed by atoms with van der Waals surface area (Å²) in [4.78, 5) is 2.06. The van der Waals surface area contributed by atoms with Gasteiger partial charge in [0.1, 0.15) is 0 Å². The molecule has 0 saturated carbocycles. The molecule has 0 aromatic carbocycles. The Morgan fingerprint density at radius 3 is 1.67 bits per heavy atom. The third-order valence-corrected chi connectivity index (χ3v) is 1.78. The summed E-state index contributed by atoms with van der Waals surface area (Å²) in [5.41, 5.74) is 0. The van der Waals surface area contributed by atoms with E-state index in [0.717, 1.165) is 13.1 Å². The fourth-order valence-electron chi connectivity index (χ4n) is 0.991. The Hall–Kier alpha value is -1.06. The average Bonchev–Trinajstić information content (AvgIpc) is 2.27. The van der Waals surface area contributed by atoms with Gasteiger partial charge >= 0.3 is 0 Å². The SMILES string of the molecule is C=CCOCCN(C=C)CCOCC=C. The van der Waals surface area contributed by atoms with Gasteiger partial charge in [-0.2, -0.15) is 0 Å². The van der Waals surface area contributed by atoms with Gasteiger partial charge in [-0.15, -0.1) is 13.2 Å². The number of nitrogens with zero attached hydrogens (tertiary/aromatic N) is 1. The van der Waals surface area contributed by atoms with Crippen molar-refractivity contribution < 1.29 is 9.47 Å². The topological polar surface area (TPSA) is 21.7 Å². The van der Waals surface area contributed by atoms with Crippen LogP contribution in [0.5, 0.6) is 0 Å². The lowest BCUT2D eigenvalue weighted by Crippen LogP contribution is -2.26. The molecule has 0 aromatic rings. The van der Waals surface area contributed by atoms with E-state index in [2.05, 4.69) is 24.6 Å². The number of hydrogen-bond donors (Lipinski definition) is 0. The van der Waals surface area contributed by atoms with E-state index in [9.17, 15) is 0 Å². The van der Waals surface area contributed by atoms with Crippen LogP contribution >= 0.6 is 0 Å². The Balaban J connectivity index is 3.41. The molecule has 0 aliphatic heterocycles. The van der Waals surface area contributed by atoms with Gasteiger partial charge < -0.3 is 14.4 Å². The Kier molecular flexibility index (Phi) is 10.2. The fourth-order valence-corrected chi connectivity index (χ4v) is 0.991. The van der Waals surface area contributed by atoms with Crippen molar-refractivity contribution in [1.29, 1.82) is 0 Å². The van der Waals surface area contributed by atoms with Crippen LogP contribution in [0.25, 0.3) is 0 Å². The molecular weight excluding hydrogens is 190 g/mol. The highest BCUT2D eigenvalue weighted by Crippen LogP contribution is 1.90. The van der Waals surface area contributed by atoms with Crippen LogP contribution < -0.4 is 0 Å². The van der Waals surface area contributed by atoms with E-state index in [0.29, 0.717) is 26.4 Å². The highest BCUT2D eigenvalue weighted by molar-refractivity contribution is 4.71. The van der Waals surface area contributed by atoms with Gasteiger partial charge in [0.2, 0.25) is 0 Å². The largest absolute Gasteiger partial charge is 0.376 e. The number of rotatable bonds is 11. The van der Waals surface area contributed by atoms with Crippen molar-refractivity contribution in [3.8, 4) is 0 Å². The lowest BCUT2D eigenvalue weighted by Gasteiger charge is -2.19. The monoisotopic (exact) mass is 211 g/mol. The van der Waals surface area contributed by atoms with E-state index in [1.807, 2.05) is 0 Å². The molecule has 0 spiro atoms. The van der Waals surface area contributed by atoms with Crippen LogP contribution in [0.3, 0.4) is 0 Å². The van der Waals surface area contributed by atoms with Crippen molar-refractivity contribution in [2.75, 3.05) is 39.5 Å². The van der Waals surface area contributed by atoms with Gasteiger partial charge in [0.05, 0.1) is 26.4 Å². The molecule has 0 radical (unpaired) electrons. The molecule has 3 nitrogen and oxygen atoms in total. The van der Waals surface area contributed by atoms with Crippen molar-refractivity contribution in [2.24, 2.45) is 0 Å². The van der Waals surface area contributed by atoms with Crippen molar-refractivity contribution in [3.05, 3.63) is 38.1 Å². The summed E-state index contributed by atoms with van der Waals surface area (Å²) in [7, 11) is 0. The van der Waals surface area contributed by atoms with Crippen molar-refractivity contribution in [1.82, 2.24) is 4.90 Å². The van der Waals surface area contributed by atoms with E-state index >= 15 is 0 Å². The summed E-state index contributed by atoms with van der Waals surface area (Å²) in [5.74, 6) is 0. The van der Waals surface area contributed by atoms with Crippen LogP contribution in [0.1, 0.15) is 0 Å². The van der Waals surface area contributed by atoms with E-state index in [-0.39, 0.29) is 0 Å². The van der Waals surface area contributed by atoms with E-state index in [4.69, 9.17) is 9.47 Å². The minimum Gasteiger partial charge on any atom is -0.376 e. The molecular formula is C12H21NO2. The lowest BCUT2D eigenvalue weighted by molar-refractivity contribution is 0.112. The quantitative estimate of drug-likeness (QED) is 0.384. The molecule has 3 heteroatoms. The van der Waals surface area contributed by atoms with Crippen molar-refractivity contribution in [3.63, 3.8) is 0 Å². The minimum absolute atomic E-state index is 0.595. The Bertz CT molecular complexity index is 164. The number of hydrogen-bond acceptors (Lipinski definition) is 3. The highest BCUT2D eigenvalue weighted by Gasteiger charge is 1.97. The van der Waals surface area contributed by atoms with E-state index in [1.165, 1.54) is 0 Å². The molecule has 0 atom stereocenters. The van der Waals surface area contributed by atoms with Crippen LogP contribution in [0, 0.1) is 0 Å². The van der Waals surface area contributed by atoms with Gasteiger partial charge in [0.25, 0.3) is 0 Å². The first-order valence-corrected chi connectivity index (χ1v) is 5.09. The molecule has 0 heterocycles. The second-order valence-electron chi connectivity index (χ2n) is 2.95. The summed E-state index contributed by atoms with van der Waals surface area (Å²) < 4.78 is 10.6. The van der Waals surface area contributed by atoms with Crippen molar-refractivity contribution in [2.45, 2.75) is 0 Å². The zero-order chi connectivity index (χ0) is 11.4. The Morgan fingerprint density at radius 2 is 1.33 bits per heavy atom. The van der Waals surface area contributed by atoms with Crippen LogP contribution in [0.4, 0.5) is 0 Å². The molecule has 86 valence electrons. The molecule has 0 amide bonds. The second-order valence-corrected chi connectivity index (χ2v) is 2.95. The van der Waals surface area contributed by atoms with Crippen LogP contribution in [0.2, 0.25) is 0 Å². The van der Waals surface area contributed by atoms with Gasteiger partial charge in [-0.3, -0.25) is 0 Å². The Morgan fingerprint density at radius 1 is 0.867 bits per heavy atom. The zero-order valence-electron chi connectivity index (χ0n) is 9.36. The van der Waals surface area contributed by atoms with Gasteiger partial charge in [-0.1, -0.05) is 18.7 Å². The maximum atomic E-state index is 5.28. The van der Waals surface area contributed by atoms with Gasteiger partial charge in [-0.05, 0) is 6.20 Å². The summed E-state index contributed by atoms with van der Waals surface area (Å²) >= 11 is 0. The second kappa shape index (κ2) is 11.0. The molecule has 0 fully saturated rings. The maximum absolute atomic E-state index is 5.28. The molecule has 0 aliphatic rings. The highest BCUT2D eigenvalue weighted by atomic mass is 16.5. The first-order valence-electron chi connectivity index (χ1n) is 5.09. The van der Waals surface area contributed by atoms with Crippen molar-refractivity contribution >= 4 is 0 Å². The minimum atomic E-state index is 0.595. The van der Waals surface area contributed by atoms with Gasteiger partial charge in [-0.25, -0.2) is 0 Å². The molecule has 0 unspecified atom stereocenters. The third kappa shape index (κ3) is 9.25. The van der Waals surface area contributed by atoms with Crippen LogP contribution in [-0.2, 0) is 9.47 Å². The molecule has 0 aliphatic carbocycles. The average molecular weight is 211 g/mol. The number of ether oxygens (including phenoxy) is 2. The van der Waals surface area contributed by atoms with E-state index in [1.54, 1.807) is 18.4 Å². The fraction of sp³-hybridized carbons (Fsp3) is 0.500. The first kappa shape index (κ1) is 13.9. The van der Waals surface area contributed by atoms with E-state index < -0.39 is 0 Å². The van der Waals surface area contributed by atoms with Crippen LogP contribution in [0.15, 0.2) is 38.1 Å². The summed E-state index contributed by atoms with van der Waals surface area (Å²) in [5, 5.41) is 0. The zero-order valence-corrected chi connectivity index (χ0v) is 9.36. The smallest absolute Gasteiger partial charge is 0.0645 e. The molecule has 0 rings (SSSR count). The summed E-state index contributed by atoms with van der Waals surface area (Å²) in [6.07, 6.45) is 5.28. The van der Waals surface area contributed by atoms with Gasteiger partial charge in [0.15, 0.2) is 0 Å².